The van der Waals surface area contributed by atoms with E-state index in [0.29, 0.717) is 0 Å². The Balaban J connectivity index is 1.17. The highest BCUT2D eigenvalue weighted by molar-refractivity contribution is 7.26. The normalized spacial score (nSPS) is 15.1. The third-order valence-electron chi connectivity index (χ3n) is 10.2. The minimum absolute atomic E-state index is 0.251. The number of para-hydroxylation sites is 2. The molecule has 0 radical (unpaired) electrons. The van der Waals surface area contributed by atoms with Crippen LogP contribution in [0.25, 0.3) is 86.3 Å². The first kappa shape index (κ1) is 27.2. The predicted octanol–water partition coefficient (Wildman–Crippen LogP) is 12.3. The zero-order valence-corrected chi connectivity index (χ0v) is 27.1. The molecule has 0 fully saturated rings. The molecule has 1 unspecified atom stereocenters. The lowest BCUT2D eigenvalue weighted by Crippen LogP contribution is -2.10. The highest BCUT2D eigenvalue weighted by Crippen LogP contribution is 2.43. The van der Waals surface area contributed by atoms with E-state index >= 15 is 0 Å². The van der Waals surface area contributed by atoms with Crippen LogP contribution < -0.4 is 0 Å². The fourth-order valence-electron chi connectivity index (χ4n) is 7.98. The third kappa shape index (κ3) is 3.86. The lowest BCUT2D eigenvalue weighted by atomic mass is 9.93. The van der Waals surface area contributed by atoms with Crippen molar-refractivity contribution >= 4 is 80.8 Å². The van der Waals surface area contributed by atoms with Gasteiger partial charge >= 0.3 is 0 Å². The average molecular weight is 632 g/mol. The van der Waals surface area contributed by atoms with Gasteiger partial charge in [-0.1, -0.05) is 85.8 Å². The Morgan fingerprint density at radius 3 is 1.85 bits per heavy atom. The van der Waals surface area contributed by atoms with Gasteiger partial charge in [0.2, 0.25) is 0 Å². The van der Waals surface area contributed by atoms with Gasteiger partial charge in [-0.05, 0) is 78.2 Å². The maximum atomic E-state index is 9.51. The Morgan fingerprint density at radius 2 is 1.17 bits per heavy atom. The number of nitriles is 1. The van der Waals surface area contributed by atoms with Gasteiger partial charge < -0.3 is 9.13 Å². The quantitative estimate of drug-likeness (QED) is 0.191. The molecule has 0 N–H and O–H groups in total. The van der Waals surface area contributed by atoms with Crippen molar-refractivity contribution in [1.29, 1.82) is 5.26 Å². The minimum atomic E-state index is 0.251. The summed E-state index contributed by atoms with van der Waals surface area (Å²) < 4.78 is 7.48. The summed E-state index contributed by atoms with van der Waals surface area (Å²) in [7, 11) is 0. The van der Waals surface area contributed by atoms with Crippen molar-refractivity contribution in [3.05, 3.63) is 145 Å². The summed E-state index contributed by atoms with van der Waals surface area (Å²) in [6.07, 6.45) is 4.88. The van der Waals surface area contributed by atoms with Crippen LogP contribution in [0, 0.1) is 17.2 Å². The minimum Gasteiger partial charge on any atom is -0.313 e. The summed E-state index contributed by atoms with van der Waals surface area (Å²) in [6.45, 7) is 2.22. The van der Waals surface area contributed by atoms with E-state index in [-0.39, 0.29) is 5.92 Å². The van der Waals surface area contributed by atoms with Crippen molar-refractivity contribution < 1.29 is 0 Å². The first-order chi connectivity index (χ1) is 23.7. The average Bonchev–Trinajstić information content (AvgIpc) is 3.79. The predicted molar refractivity (Wildman–Crippen MR) is 204 cm³/mol. The van der Waals surface area contributed by atoms with E-state index in [0.717, 1.165) is 12.0 Å². The number of fused-ring (bicyclic) bond motifs is 9. The molecule has 0 saturated carbocycles. The van der Waals surface area contributed by atoms with Crippen LogP contribution in [-0.2, 0) is 0 Å². The van der Waals surface area contributed by atoms with E-state index in [9.17, 15) is 5.26 Å². The molecule has 0 bridgehead atoms. The van der Waals surface area contributed by atoms with Crippen LogP contribution in [0.5, 0.6) is 0 Å². The van der Waals surface area contributed by atoms with Gasteiger partial charge in [0.1, 0.15) is 0 Å². The number of aromatic nitrogens is 2. The van der Waals surface area contributed by atoms with Crippen LogP contribution in [0.2, 0.25) is 0 Å². The molecular formula is C44H29N3S. The van der Waals surface area contributed by atoms with Crippen LogP contribution in [0.3, 0.4) is 0 Å². The molecule has 3 heterocycles. The summed E-state index contributed by atoms with van der Waals surface area (Å²) in [6, 6.07) is 49.1. The van der Waals surface area contributed by atoms with E-state index in [2.05, 4.69) is 156 Å². The highest BCUT2D eigenvalue weighted by Gasteiger charge is 2.22. The number of nitrogens with zero attached hydrogens (tertiary/aromatic N) is 3. The molecule has 4 heteroatoms. The molecule has 9 aromatic rings. The molecule has 226 valence electrons. The summed E-state index contributed by atoms with van der Waals surface area (Å²) in [5.74, 6) is 0.251. The molecule has 10 rings (SSSR count). The molecule has 0 aliphatic heterocycles. The summed E-state index contributed by atoms with van der Waals surface area (Å²) in [5.41, 5.74) is 10.5. The lowest BCUT2D eigenvalue weighted by Gasteiger charge is -2.22. The molecule has 0 spiro atoms. The zero-order valence-electron chi connectivity index (χ0n) is 26.3. The van der Waals surface area contributed by atoms with Crippen molar-refractivity contribution in [2.75, 3.05) is 0 Å². The topological polar surface area (TPSA) is 33.6 Å². The van der Waals surface area contributed by atoms with Gasteiger partial charge in [0, 0.05) is 54.2 Å². The van der Waals surface area contributed by atoms with Crippen molar-refractivity contribution in [1.82, 2.24) is 9.13 Å². The molecule has 6 aromatic carbocycles. The van der Waals surface area contributed by atoms with Crippen molar-refractivity contribution in [2.24, 2.45) is 5.92 Å². The molecule has 1 atom stereocenters. The molecular weight excluding hydrogens is 603 g/mol. The Hall–Kier alpha value is -5.89. The third-order valence-corrected chi connectivity index (χ3v) is 11.4. The SMILES string of the molecule is CC1CC(C#N)=CC=C1n1c2ccccc2c2cc(-c3ccc4c(c3)c3ccccc3n4-c3cccc4c3sc3ccccc34)ccc21. The Kier molecular flexibility index (Phi) is 5.85. The fraction of sp³-hybridized carbons (Fsp3) is 0.0682. The van der Waals surface area contributed by atoms with Crippen molar-refractivity contribution in [2.45, 2.75) is 13.3 Å². The van der Waals surface area contributed by atoms with E-state index in [1.807, 2.05) is 17.4 Å². The summed E-state index contributed by atoms with van der Waals surface area (Å²) >= 11 is 1.87. The van der Waals surface area contributed by atoms with Crippen LogP contribution in [0.1, 0.15) is 13.3 Å². The van der Waals surface area contributed by atoms with Gasteiger partial charge in [-0.3, -0.25) is 0 Å². The number of benzene rings is 6. The summed E-state index contributed by atoms with van der Waals surface area (Å²) in [4.78, 5) is 0. The van der Waals surface area contributed by atoms with Gasteiger partial charge in [-0.25, -0.2) is 0 Å². The molecule has 0 amide bonds. The van der Waals surface area contributed by atoms with E-state index in [1.165, 1.54) is 86.3 Å². The van der Waals surface area contributed by atoms with Gasteiger partial charge in [-0.2, -0.15) is 5.26 Å². The first-order valence-electron chi connectivity index (χ1n) is 16.5. The second kappa shape index (κ2) is 10.3. The lowest BCUT2D eigenvalue weighted by molar-refractivity contribution is 0.710. The molecule has 3 nitrogen and oxygen atoms in total. The summed E-state index contributed by atoms with van der Waals surface area (Å²) in [5, 5.41) is 17.1. The maximum absolute atomic E-state index is 9.51. The van der Waals surface area contributed by atoms with Crippen molar-refractivity contribution in [3.63, 3.8) is 0 Å². The van der Waals surface area contributed by atoms with Crippen molar-refractivity contribution in [3.8, 4) is 22.9 Å². The number of allylic oxidation sites excluding steroid dienone is 4. The van der Waals surface area contributed by atoms with E-state index in [1.54, 1.807) is 0 Å². The largest absolute Gasteiger partial charge is 0.313 e. The van der Waals surface area contributed by atoms with Gasteiger partial charge in [-0.15, -0.1) is 11.3 Å². The van der Waals surface area contributed by atoms with Gasteiger partial charge in [0.15, 0.2) is 0 Å². The molecule has 1 aliphatic rings. The fourth-order valence-corrected chi connectivity index (χ4v) is 9.19. The number of thiophene rings is 1. The van der Waals surface area contributed by atoms with Gasteiger partial charge in [0.25, 0.3) is 0 Å². The number of rotatable bonds is 3. The van der Waals surface area contributed by atoms with Gasteiger partial charge in [0.05, 0.1) is 38.5 Å². The Labute approximate surface area is 281 Å². The molecule has 0 saturated heterocycles. The monoisotopic (exact) mass is 631 g/mol. The van der Waals surface area contributed by atoms with Crippen LogP contribution in [-0.4, -0.2) is 9.13 Å². The Bertz CT molecular complexity index is 2900. The van der Waals surface area contributed by atoms with Crippen LogP contribution >= 0.6 is 11.3 Å². The van der Waals surface area contributed by atoms with E-state index in [4.69, 9.17) is 0 Å². The highest BCUT2D eigenvalue weighted by atomic mass is 32.1. The number of hydrogen-bond acceptors (Lipinski definition) is 2. The Morgan fingerprint density at radius 1 is 0.583 bits per heavy atom. The molecule has 3 aromatic heterocycles. The first-order valence-corrected chi connectivity index (χ1v) is 17.3. The smallest absolute Gasteiger partial charge is 0.0947 e. The maximum Gasteiger partial charge on any atom is 0.0947 e. The standard InChI is InChI=1S/C44H29N3S/c1-27-23-28(26-45)17-20-37(27)46-38-13-5-2-9-31(38)35-24-29(18-21-40(35)46)30-19-22-41-36(25-30)32-10-3-6-14-39(32)47(41)42-15-8-12-34-33-11-4-7-16-43(33)48-44(34)42/h2-22,24-25,27H,23H2,1H3. The second-order valence-corrected chi connectivity index (χ2v) is 14.0. The van der Waals surface area contributed by atoms with Crippen LogP contribution in [0.4, 0.5) is 0 Å². The zero-order chi connectivity index (χ0) is 31.9. The molecule has 48 heavy (non-hydrogen) atoms. The molecule has 1 aliphatic carbocycles. The van der Waals surface area contributed by atoms with Crippen LogP contribution in [0.15, 0.2) is 145 Å². The van der Waals surface area contributed by atoms with E-state index < -0.39 is 0 Å². The second-order valence-electron chi connectivity index (χ2n) is 12.9. The number of hydrogen-bond donors (Lipinski definition) is 0.